The summed E-state index contributed by atoms with van der Waals surface area (Å²) < 4.78 is 16.9. The van der Waals surface area contributed by atoms with E-state index in [1.165, 1.54) is 6.92 Å². The molecule has 0 N–H and O–H groups in total. The van der Waals surface area contributed by atoms with Crippen LogP contribution in [0.2, 0.25) is 0 Å². The molecule has 1 aliphatic rings. The molecule has 5 heteroatoms. The molecule has 0 atom stereocenters. The predicted molar refractivity (Wildman–Crippen MR) is 77.6 cm³/mol. The zero-order valence-electron chi connectivity index (χ0n) is 12.7. The molecule has 0 saturated carbocycles. The van der Waals surface area contributed by atoms with Crippen LogP contribution in [0.5, 0.6) is 0 Å². The van der Waals surface area contributed by atoms with Gasteiger partial charge in [-0.15, -0.1) is 0 Å². The van der Waals surface area contributed by atoms with E-state index in [4.69, 9.17) is 14.0 Å². The molecule has 0 unspecified atom stereocenters. The fourth-order valence-corrected chi connectivity index (χ4v) is 1.94. The van der Waals surface area contributed by atoms with Gasteiger partial charge < -0.3 is 14.0 Å². The summed E-state index contributed by atoms with van der Waals surface area (Å²) in [4.78, 5) is 10.8. The fraction of sp³-hybridized carbons (Fsp3) is 0.533. The normalized spacial score (nSPS) is 19.9. The van der Waals surface area contributed by atoms with Gasteiger partial charge in [0.25, 0.3) is 0 Å². The topological polar surface area (TPSA) is 44.8 Å². The van der Waals surface area contributed by atoms with E-state index in [0.29, 0.717) is 6.61 Å². The van der Waals surface area contributed by atoms with Crippen LogP contribution >= 0.6 is 0 Å². The first kappa shape index (κ1) is 15.1. The third-order valence-electron chi connectivity index (χ3n) is 3.95. The lowest BCUT2D eigenvalue weighted by atomic mass is 9.79. The Morgan fingerprint density at radius 3 is 2.05 bits per heavy atom. The summed E-state index contributed by atoms with van der Waals surface area (Å²) in [6.07, 6.45) is 0. The van der Waals surface area contributed by atoms with Gasteiger partial charge in [0.15, 0.2) is 0 Å². The Hall–Kier alpha value is -1.33. The Kier molecular flexibility index (Phi) is 3.94. The molecule has 0 aliphatic carbocycles. The number of carbonyl (C=O) groups is 1. The van der Waals surface area contributed by atoms with E-state index in [2.05, 4.69) is 0 Å². The van der Waals surface area contributed by atoms with Crippen LogP contribution in [0.25, 0.3) is 0 Å². The van der Waals surface area contributed by atoms with E-state index < -0.39 is 0 Å². The van der Waals surface area contributed by atoms with Crippen molar-refractivity contribution in [3.8, 4) is 0 Å². The second kappa shape index (κ2) is 5.22. The van der Waals surface area contributed by atoms with Crippen molar-refractivity contribution in [2.24, 2.45) is 0 Å². The van der Waals surface area contributed by atoms with E-state index in [1.807, 2.05) is 52.0 Å². The van der Waals surface area contributed by atoms with E-state index in [0.717, 1.165) is 11.0 Å². The Labute approximate surface area is 120 Å². The molecule has 0 spiro atoms. The first-order valence-electron chi connectivity index (χ1n) is 6.79. The number of hydrogen-bond donors (Lipinski definition) is 0. The Morgan fingerprint density at radius 2 is 1.60 bits per heavy atom. The van der Waals surface area contributed by atoms with Crippen LogP contribution in [0.3, 0.4) is 0 Å². The molecule has 1 fully saturated rings. The first-order chi connectivity index (χ1) is 9.21. The Balaban J connectivity index is 2.06. The number of rotatable bonds is 3. The highest BCUT2D eigenvalue weighted by atomic mass is 16.7. The molecule has 0 amide bonds. The molecule has 0 aromatic heterocycles. The van der Waals surface area contributed by atoms with Crippen molar-refractivity contribution >= 4 is 18.6 Å². The van der Waals surface area contributed by atoms with Gasteiger partial charge in [-0.25, -0.2) is 0 Å². The van der Waals surface area contributed by atoms with Crippen LogP contribution in [0, 0.1) is 0 Å². The molecule has 20 heavy (non-hydrogen) atoms. The number of esters is 1. The third-order valence-corrected chi connectivity index (χ3v) is 3.95. The largest absolute Gasteiger partial charge is 0.494 e. The molecule has 1 aromatic rings. The van der Waals surface area contributed by atoms with Crippen LogP contribution in [-0.4, -0.2) is 24.3 Å². The molecule has 1 saturated heterocycles. The minimum atomic E-state index is -0.359. The highest BCUT2D eigenvalue weighted by Gasteiger charge is 2.51. The van der Waals surface area contributed by atoms with E-state index in [1.54, 1.807) is 0 Å². The monoisotopic (exact) mass is 276 g/mol. The molecule has 1 aliphatic heterocycles. The lowest BCUT2D eigenvalue weighted by molar-refractivity contribution is -0.142. The predicted octanol–water partition coefficient (Wildman–Crippen LogP) is 2.05. The smallest absolute Gasteiger partial charge is 0.461 e. The molecular formula is C15H21BO4. The second-order valence-electron chi connectivity index (χ2n) is 6.11. The summed E-state index contributed by atoms with van der Waals surface area (Å²) in [5.74, 6) is -0.278. The Bertz CT molecular complexity index is 477. The van der Waals surface area contributed by atoms with Crippen molar-refractivity contribution < 1.29 is 18.8 Å². The van der Waals surface area contributed by atoms with Gasteiger partial charge in [0, 0.05) is 6.92 Å². The van der Waals surface area contributed by atoms with E-state index in [-0.39, 0.29) is 24.3 Å². The molecule has 4 nitrogen and oxygen atoms in total. The lowest BCUT2D eigenvalue weighted by Crippen LogP contribution is -2.41. The van der Waals surface area contributed by atoms with Gasteiger partial charge in [0.05, 0.1) is 11.2 Å². The number of benzene rings is 1. The van der Waals surface area contributed by atoms with E-state index >= 15 is 0 Å². The Morgan fingerprint density at radius 1 is 1.10 bits per heavy atom. The minimum absolute atomic E-state index is 0.278. The van der Waals surface area contributed by atoms with Gasteiger partial charge in [0.1, 0.15) is 6.61 Å². The summed E-state index contributed by atoms with van der Waals surface area (Å²) >= 11 is 0. The van der Waals surface area contributed by atoms with E-state index in [9.17, 15) is 4.79 Å². The minimum Gasteiger partial charge on any atom is -0.461 e. The summed E-state index contributed by atoms with van der Waals surface area (Å²) in [5.41, 5.74) is 1.23. The summed E-state index contributed by atoms with van der Waals surface area (Å²) in [6, 6.07) is 7.73. The maximum atomic E-state index is 10.8. The van der Waals surface area contributed by atoms with Gasteiger partial charge >= 0.3 is 13.1 Å². The van der Waals surface area contributed by atoms with Crippen LogP contribution in [-0.2, 0) is 25.4 Å². The molecule has 2 rings (SSSR count). The molecule has 0 bridgehead atoms. The maximum absolute atomic E-state index is 10.8. The first-order valence-corrected chi connectivity index (χ1v) is 6.79. The average Bonchev–Trinajstić information content (AvgIpc) is 2.56. The van der Waals surface area contributed by atoms with Crippen LogP contribution in [0.15, 0.2) is 24.3 Å². The summed E-state index contributed by atoms with van der Waals surface area (Å²) in [6.45, 7) is 9.81. The zero-order valence-corrected chi connectivity index (χ0v) is 12.7. The van der Waals surface area contributed by atoms with Crippen molar-refractivity contribution in [2.45, 2.75) is 52.4 Å². The fourth-order valence-electron chi connectivity index (χ4n) is 1.94. The van der Waals surface area contributed by atoms with Crippen molar-refractivity contribution in [3.63, 3.8) is 0 Å². The zero-order chi connectivity index (χ0) is 15.0. The number of ether oxygens (including phenoxy) is 1. The average molecular weight is 276 g/mol. The molecule has 1 heterocycles. The van der Waals surface area contributed by atoms with Crippen LogP contribution in [0.1, 0.15) is 40.2 Å². The van der Waals surface area contributed by atoms with Crippen molar-refractivity contribution in [3.05, 3.63) is 29.8 Å². The van der Waals surface area contributed by atoms with Gasteiger partial charge in [-0.2, -0.15) is 0 Å². The quantitative estimate of drug-likeness (QED) is 0.626. The SMILES string of the molecule is CC(=O)OCc1ccc(B2OC(C)(C)C(C)(C)O2)cc1. The molecule has 1 aromatic carbocycles. The molecule has 0 radical (unpaired) electrons. The standard InChI is InChI=1S/C15H21BO4/c1-11(17)18-10-12-6-8-13(9-7-12)16-19-14(2,3)15(4,5)20-16/h6-9H,10H2,1-5H3. The van der Waals surface area contributed by atoms with Crippen LogP contribution < -0.4 is 5.46 Å². The molecular weight excluding hydrogens is 255 g/mol. The van der Waals surface area contributed by atoms with Crippen molar-refractivity contribution in [2.75, 3.05) is 0 Å². The highest BCUT2D eigenvalue weighted by molar-refractivity contribution is 6.62. The van der Waals surface area contributed by atoms with Gasteiger partial charge in [0.2, 0.25) is 0 Å². The second-order valence-corrected chi connectivity index (χ2v) is 6.11. The highest BCUT2D eigenvalue weighted by Crippen LogP contribution is 2.36. The third kappa shape index (κ3) is 3.05. The molecule has 108 valence electrons. The number of hydrogen-bond acceptors (Lipinski definition) is 4. The van der Waals surface area contributed by atoms with Crippen molar-refractivity contribution in [1.29, 1.82) is 0 Å². The van der Waals surface area contributed by atoms with Crippen LogP contribution in [0.4, 0.5) is 0 Å². The maximum Gasteiger partial charge on any atom is 0.494 e. The number of carbonyl (C=O) groups excluding carboxylic acids is 1. The summed E-state index contributed by atoms with van der Waals surface area (Å²) in [7, 11) is -0.359. The van der Waals surface area contributed by atoms with Gasteiger partial charge in [-0.05, 0) is 38.7 Å². The van der Waals surface area contributed by atoms with Gasteiger partial charge in [-0.3, -0.25) is 4.79 Å². The lowest BCUT2D eigenvalue weighted by Gasteiger charge is -2.32. The van der Waals surface area contributed by atoms with Crippen molar-refractivity contribution in [1.82, 2.24) is 0 Å². The van der Waals surface area contributed by atoms with Gasteiger partial charge in [-0.1, -0.05) is 24.3 Å². The summed E-state index contributed by atoms with van der Waals surface area (Å²) in [5, 5.41) is 0.